The number of allylic oxidation sites excluding steroid dienone is 1. The van der Waals surface area contributed by atoms with E-state index in [-0.39, 0.29) is 29.4 Å². The molecule has 0 heterocycles. The second-order valence-corrected chi connectivity index (χ2v) is 12.9. The fraction of sp³-hybridized carbons (Fsp3) is 0.778. The van der Waals surface area contributed by atoms with Crippen LogP contribution in [0.5, 0.6) is 0 Å². The maximum absolute atomic E-state index is 10.1. The van der Waals surface area contributed by atoms with Gasteiger partial charge in [-0.25, -0.2) is 0 Å². The Morgan fingerprint density at radius 2 is 1.77 bits per heavy atom. The van der Waals surface area contributed by atoms with Gasteiger partial charge >= 0.3 is 0 Å². The highest BCUT2D eigenvalue weighted by Gasteiger charge is 2.37. The van der Waals surface area contributed by atoms with Crippen molar-refractivity contribution in [2.24, 2.45) is 11.3 Å². The lowest BCUT2D eigenvalue weighted by atomic mass is 9.75. The molecule has 0 saturated carbocycles. The van der Waals surface area contributed by atoms with Gasteiger partial charge in [0.05, 0.1) is 12.7 Å². The number of hydrogen-bond acceptors (Lipinski definition) is 3. The van der Waals surface area contributed by atoms with Crippen molar-refractivity contribution in [3.05, 3.63) is 12.2 Å². The van der Waals surface area contributed by atoms with Crippen molar-refractivity contribution in [1.82, 2.24) is 0 Å². The maximum atomic E-state index is 10.1. The fourth-order valence-electron chi connectivity index (χ4n) is 2.06. The van der Waals surface area contributed by atoms with E-state index in [1.54, 1.807) is 0 Å². The Kier molecular flexibility index (Phi) is 8.08. The summed E-state index contributed by atoms with van der Waals surface area (Å²) in [7, 11) is -1.75. The van der Waals surface area contributed by atoms with Crippen LogP contribution in [0.15, 0.2) is 12.2 Å². The molecule has 0 unspecified atom stereocenters. The summed E-state index contributed by atoms with van der Waals surface area (Å²) in [5.41, 5.74) is -0.345. The fourth-order valence-corrected chi connectivity index (χ4v) is 3.01. The van der Waals surface area contributed by atoms with Gasteiger partial charge in [0.1, 0.15) is 0 Å². The Morgan fingerprint density at radius 3 is 2.18 bits per heavy atom. The monoisotopic (exact) mass is 326 g/mol. The minimum atomic E-state index is -1.75. The normalized spacial score (nSPS) is 16.5. The van der Waals surface area contributed by atoms with Gasteiger partial charge in [-0.05, 0) is 23.5 Å². The lowest BCUT2D eigenvalue weighted by Gasteiger charge is -2.36. The molecule has 0 bridgehead atoms. The first-order chi connectivity index (χ1) is 9.89. The standard InChI is InChI=1S/C18H34O3Si/c1-9-11-16(20)15(14-19)18(5,6)12-10-13-21-22(7,8)17(2,3)4/h1,10,12,15-16,19-20H,11,13-14H2,2-8H3/b12-10+/t15-,16-/m0/s1. The van der Waals surface area contributed by atoms with E-state index >= 15 is 0 Å². The van der Waals surface area contributed by atoms with Crippen LogP contribution >= 0.6 is 0 Å². The molecule has 0 fully saturated rings. The molecule has 0 aromatic carbocycles. The molecule has 0 aliphatic carbocycles. The SMILES string of the molecule is C#CC[C@H](O)[C@H](CO)C(C)(C)/C=C/CO[Si](C)(C)C(C)(C)C. The highest BCUT2D eigenvalue weighted by Crippen LogP contribution is 2.36. The van der Waals surface area contributed by atoms with E-state index in [0.717, 1.165) is 0 Å². The van der Waals surface area contributed by atoms with Crippen LogP contribution in [0.25, 0.3) is 0 Å². The number of aliphatic hydroxyl groups excluding tert-OH is 2. The predicted molar refractivity (Wildman–Crippen MR) is 96.1 cm³/mol. The van der Waals surface area contributed by atoms with Crippen molar-refractivity contribution in [2.75, 3.05) is 13.2 Å². The first-order valence-corrected chi connectivity index (χ1v) is 10.8. The number of terminal acetylenes is 1. The lowest BCUT2D eigenvalue weighted by molar-refractivity contribution is 0.0200. The summed E-state index contributed by atoms with van der Waals surface area (Å²) in [6.07, 6.45) is 8.81. The molecule has 22 heavy (non-hydrogen) atoms. The van der Waals surface area contributed by atoms with E-state index in [9.17, 15) is 10.2 Å². The van der Waals surface area contributed by atoms with Gasteiger partial charge < -0.3 is 14.6 Å². The van der Waals surface area contributed by atoms with Crippen molar-refractivity contribution in [1.29, 1.82) is 0 Å². The first-order valence-electron chi connectivity index (χ1n) is 7.93. The van der Waals surface area contributed by atoms with E-state index in [4.69, 9.17) is 10.8 Å². The van der Waals surface area contributed by atoms with Crippen molar-refractivity contribution < 1.29 is 14.6 Å². The molecule has 2 atom stereocenters. The molecule has 2 N–H and O–H groups in total. The van der Waals surface area contributed by atoms with E-state index < -0.39 is 14.4 Å². The third-order valence-electron chi connectivity index (χ3n) is 4.84. The third kappa shape index (κ3) is 6.25. The summed E-state index contributed by atoms with van der Waals surface area (Å²) in [5, 5.41) is 19.8. The van der Waals surface area contributed by atoms with Gasteiger partial charge in [-0.2, -0.15) is 0 Å². The van der Waals surface area contributed by atoms with E-state index in [0.29, 0.717) is 6.61 Å². The molecule has 0 saturated heterocycles. The smallest absolute Gasteiger partial charge is 0.192 e. The Hall–Kier alpha value is -0.603. The Bertz CT molecular complexity index is 400. The van der Waals surface area contributed by atoms with Crippen LogP contribution < -0.4 is 0 Å². The Morgan fingerprint density at radius 1 is 1.23 bits per heavy atom. The van der Waals surface area contributed by atoms with E-state index in [2.05, 4.69) is 39.8 Å². The quantitative estimate of drug-likeness (QED) is 0.407. The van der Waals surface area contributed by atoms with Crippen LogP contribution in [0, 0.1) is 23.7 Å². The molecule has 0 aromatic rings. The lowest BCUT2D eigenvalue weighted by Crippen LogP contribution is -2.40. The van der Waals surface area contributed by atoms with Gasteiger partial charge in [0.15, 0.2) is 8.32 Å². The zero-order valence-corrected chi connectivity index (χ0v) is 16.3. The van der Waals surface area contributed by atoms with Crippen LogP contribution in [0.2, 0.25) is 18.1 Å². The molecule has 0 aromatic heterocycles. The number of hydrogen-bond donors (Lipinski definition) is 2. The molecule has 0 amide bonds. The molecule has 0 radical (unpaired) electrons. The summed E-state index contributed by atoms with van der Waals surface area (Å²) < 4.78 is 6.11. The van der Waals surface area contributed by atoms with Gasteiger partial charge in [0, 0.05) is 18.9 Å². The second kappa shape index (κ2) is 8.31. The zero-order valence-electron chi connectivity index (χ0n) is 15.3. The topological polar surface area (TPSA) is 49.7 Å². The summed E-state index contributed by atoms with van der Waals surface area (Å²) in [6, 6.07) is 0. The molecular formula is C18H34O3Si. The average molecular weight is 327 g/mol. The minimum absolute atomic E-state index is 0.0940. The zero-order chi connectivity index (χ0) is 17.6. The highest BCUT2D eigenvalue weighted by atomic mass is 28.4. The van der Waals surface area contributed by atoms with Crippen molar-refractivity contribution in [2.45, 2.75) is 65.3 Å². The third-order valence-corrected chi connectivity index (χ3v) is 9.34. The maximum Gasteiger partial charge on any atom is 0.192 e. The number of aliphatic hydroxyl groups is 2. The van der Waals surface area contributed by atoms with E-state index in [1.165, 1.54) is 0 Å². The average Bonchev–Trinajstić information content (AvgIpc) is 2.34. The first kappa shape index (κ1) is 21.4. The summed E-state index contributed by atoms with van der Waals surface area (Å²) in [5.74, 6) is 2.17. The highest BCUT2D eigenvalue weighted by molar-refractivity contribution is 6.74. The van der Waals surface area contributed by atoms with Crippen molar-refractivity contribution in [3.63, 3.8) is 0 Å². The Balaban J connectivity index is 4.74. The molecule has 3 nitrogen and oxygen atoms in total. The molecule has 4 heteroatoms. The molecule has 0 aliphatic heterocycles. The van der Waals surface area contributed by atoms with Crippen LogP contribution in [-0.4, -0.2) is 37.8 Å². The molecule has 0 spiro atoms. The number of rotatable bonds is 8. The van der Waals surface area contributed by atoms with Crippen LogP contribution in [0.4, 0.5) is 0 Å². The molecular weight excluding hydrogens is 292 g/mol. The van der Waals surface area contributed by atoms with Crippen LogP contribution in [0.1, 0.15) is 41.0 Å². The van der Waals surface area contributed by atoms with Crippen LogP contribution in [0.3, 0.4) is 0 Å². The van der Waals surface area contributed by atoms with Crippen LogP contribution in [-0.2, 0) is 4.43 Å². The van der Waals surface area contributed by atoms with Gasteiger partial charge in [-0.3, -0.25) is 0 Å². The summed E-state index contributed by atoms with van der Waals surface area (Å²) in [6.45, 7) is 15.5. The van der Waals surface area contributed by atoms with Crippen molar-refractivity contribution in [3.8, 4) is 12.3 Å². The molecule has 0 rings (SSSR count). The van der Waals surface area contributed by atoms with Gasteiger partial charge in [0.25, 0.3) is 0 Å². The minimum Gasteiger partial charge on any atom is -0.413 e. The summed E-state index contributed by atoms with van der Waals surface area (Å²) in [4.78, 5) is 0. The van der Waals surface area contributed by atoms with Crippen molar-refractivity contribution >= 4 is 8.32 Å². The van der Waals surface area contributed by atoms with Gasteiger partial charge in [-0.15, -0.1) is 12.3 Å². The van der Waals surface area contributed by atoms with Gasteiger partial charge in [0.2, 0.25) is 0 Å². The second-order valence-electron chi connectivity index (χ2n) is 8.06. The summed E-state index contributed by atoms with van der Waals surface area (Å²) >= 11 is 0. The van der Waals surface area contributed by atoms with E-state index in [1.807, 2.05) is 26.0 Å². The Labute approximate surface area is 137 Å². The van der Waals surface area contributed by atoms with Gasteiger partial charge in [-0.1, -0.05) is 46.8 Å². The largest absolute Gasteiger partial charge is 0.413 e. The molecule has 0 aliphatic rings. The predicted octanol–water partition coefficient (Wildman–Crippen LogP) is 3.58. The molecule has 128 valence electrons.